The van der Waals surface area contributed by atoms with E-state index < -0.39 is 5.60 Å². The van der Waals surface area contributed by atoms with Gasteiger partial charge in [0, 0.05) is 6.04 Å². The molecule has 6 heteroatoms. The lowest BCUT2D eigenvalue weighted by atomic mass is 9.91. The lowest BCUT2D eigenvalue weighted by Gasteiger charge is -2.23. The van der Waals surface area contributed by atoms with Gasteiger partial charge in [-0.15, -0.1) is 0 Å². The zero-order valence-corrected chi connectivity index (χ0v) is 13.7. The average molecular weight is 305 g/mol. The Morgan fingerprint density at radius 1 is 1.45 bits per heavy atom. The molecule has 0 aliphatic rings. The highest BCUT2D eigenvalue weighted by Crippen LogP contribution is 2.19. The molecule has 120 valence electrons. The molecule has 5 nitrogen and oxygen atoms in total. The molecule has 0 aliphatic heterocycles. The van der Waals surface area contributed by atoms with Gasteiger partial charge in [0.25, 0.3) is 7.41 Å². The number of phenols is 1. The molecular weight excluding hydrogens is 281 g/mol. The predicted octanol–water partition coefficient (Wildman–Crippen LogP) is 1.47. The number of carbonyl (C=O) groups is 2. The Balaban J connectivity index is 2.77. The van der Waals surface area contributed by atoms with Crippen molar-refractivity contribution in [2.75, 3.05) is 0 Å². The third-order valence-electron chi connectivity index (χ3n) is 3.12. The minimum absolute atomic E-state index is 0.167. The van der Waals surface area contributed by atoms with Gasteiger partial charge in [-0.25, -0.2) is 0 Å². The molecule has 0 saturated carbocycles. The second kappa shape index (κ2) is 7.99. The summed E-state index contributed by atoms with van der Waals surface area (Å²) in [4.78, 5) is 22.6. The van der Waals surface area contributed by atoms with Crippen molar-refractivity contribution in [1.82, 2.24) is 5.23 Å². The predicted molar refractivity (Wildman–Crippen MR) is 87.8 cm³/mol. The Morgan fingerprint density at radius 3 is 2.73 bits per heavy atom. The first-order valence-electron chi connectivity index (χ1n) is 7.38. The molecule has 1 aromatic rings. The van der Waals surface area contributed by atoms with Crippen molar-refractivity contribution in [2.45, 2.75) is 52.2 Å². The van der Waals surface area contributed by atoms with Crippen molar-refractivity contribution >= 4 is 19.6 Å². The highest BCUT2D eigenvalue weighted by molar-refractivity contribution is 6.64. The van der Waals surface area contributed by atoms with Crippen LogP contribution in [0.3, 0.4) is 0 Å². The van der Waals surface area contributed by atoms with Crippen LogP contribution in [-0.2, 0) is 20.7 Å². The van der Waals surface area contributed by atoms with E-state index in [2.05, 4.69) is 5.23 Å². The summed E-state index contributed by atoms with van der Waals surface area (Å²) in [7, 11) is 0.172. The molecule has 0 aliphatic carbocycles. The summed E-state index contributed by atoms with van der Waals surface area (Å²) in [5.41, 5.74) is 1.43. The van der Waals surface area contributed by atoms with Gasteiger partial charge in [0.2, 0.25) is 0 Å². The number of rotatable bonds is 7. The fourth-order valence-corrected chi connectivity index (χ4v) is 2.16. The fourth-order valence-electron chi connectivity index (χ4n) is 2.16. The van der Waals surface area contributed by atoms with Crippen LogP contribution in [0.25, 0.3) is 0 Å². The maximum atomic E-state index is 12.0. The fraction of sp³-hybridized carbons (Fsp3) is 0.500. The van der Waals surface area contributed by atoms with E-state index >= 15 is 0 Å². The van der Waals surface area contributed by atoms with Crippen LogP contribution in [0.15, 0.2) is 18.2 Å². The largest absolute Gasteiger partial charge is 0.508 e. The average Bonchev–Trinajstić information content (AvgIpc) is 2.38. The van der Waals surface area contributed by atoms with Gasteiger partial charge in [0.15, 0.2) is 0 Å². The molecule has 0 aromatic heterocycles. The molecule has 0 heterocycles. The summed E-state index contributed by atoms with van der Waals surface area (Å²) in [6.45, 7) is 7.40. The molecular formula is C16H24BNO4. The molecule has 0 amide bonds. The summed E-state index contributed by atoms with van der Waals surface area (Å²) < 4.78 is 5.32. The van der Waals surface area contributed by atoms with E-state index in [0.717, 1.165) is 17.3 Å². The Labute approximate surface area is 132 Å². The maximum Gasteiger partial charge on any atom is 0.307 e. The van der Waals surface area contributed by atoms with E-state index in [1.807, 2.05) is 33.8 Å². The summed E-state index contributed by atoms with van der Waals surface area (Å²) in [5, 5.41) is 12.6. The Morgan fingerprint density at radius 2 is 2.14 bits per heavy atom. The van der Waals surface area contributed by atoms with Crippen LogP contribution in [0.5, 0.6) is 5.75 Å². The van der Waals surface area contributed by atoms with E-state index in [4.69, 9.17) is 4.74 Å². The third-order valence-corrected chi connectivity index (χ3v) is 3.12. The standard InChI is InChI=1S/C16H24BNO4/c1-11-5-6-14(20)8-12(11)7-13(18-17-10-19)9-15(21)22-16(2,3)4/h5-6,8,10,13,17-18,20H,7,9H2,1-4H3/t13-/m1/s1. The zero-order valence-electron chi connectivity index (χ0n) is 13.7. The topological polar surface area (TPSA) is 75.6 Å². The van der Waals surface area contributed by atoms with Gasteiger partial charge in [-0.1, -0.05) is 6.07 Å². The molecule has 0 unspecified atom stereocenters. The number of aromatic hydroxyl groups is 1. The van der Waals surface area contributed by atoms with E-state index in [-0.39, 0.29) is 31.6 Å². The molecule has 0 bridgehead atoms. The Hall–Kier alpha value is -1.82. The minimum atomic E-state index is -0.534. The molecule has 2 N–H and O–H groups in total. The summed E-state index contributed by atoms with van der Waals surface area (Å²) in [6, 6.07) is 4.91. The Kier molecular flexibility index (Phi) is 6.62. The van der Waals surface area contributed by atoms with Crippen molar-refractivity contribution in [2.24, 2.45) is 0 Å². The van der Waals surface area contributed by atoms with Crippen molar-refractivity contribution in [3.63, 3.8) is 0 Å². The summed E-state index contributed by atoms with van der Waals surface area (Å²) in [5.74, 6) is -0.124. The number of nitrogens with one attached hydrogen (secondary N) is 1. The van der Waals surface area contributed by atoms with Crippen molar-refractivity contribution < 1.29 is 19.4 Å². The first-order chi connectivity index (χ1) is 10.2. The first kappa shape index (κ1) is 18.2. The molecule has 0 saturated heterocycles. The minimum Gasteiger partial charge on any atom is -0.508 e. The lowest BCUT2D eigenvalue weighted by Crippen LogP contribution is -2.38. The number of benzene rings is 1. The van der Waals surface area contributed by atoms with E-state index in [0.29, 0.717) is 6.42 Å². The molecule has 0 fully saturated rings. The van der Waals surface area contributed by atoms with Gasteiger partial charge in [-0.3, -0.25) is 4.79 Å². The van der Waals surface area contributed by atoms with Crippen molar-refractivity contribution in [1.29, 1.82) is 0 Å². The number of esters is 1. The molecule has 0 radical (unpaired) electrons. The van der Waals surface area contributed by atoms with Crippen LogP contribution in [-0.4, -0.2) is 36.3 Å². The number of hydrogen-bond donors (Lipinski definition) is 2. The van der Waals surface area contributed by atoms with Gasteiger partial charge in [0.05, 0.1) is 12.6 Å². The molecule has 1 atom stereocenters. The van der Waals surface area contributed by atoms with Crippen LogP contribution in [0, 0.1) is 6.92 Å². The van der Waals surface area contributed by atoms with Gasteiger partial charge < -0.3 is 19.9 Å². The summed E-state index contributed by atoms with van der Waals surface area (Å²) >= 11 is 0. The quantitative estimate of drug-likeness (QED) is 0.453. The van der Waals surface area contributed by atoms with E-state index in [1.54, 1.807) is 12.1 Å². The number of carbonyl (C=O) groups excluding carboxylic acids is 2. The second-order valence-corrected chi connectivity index (χ2v) is 6.38. The molecule has 0 spiro atoms. The van der Waals surface area contributed by atoms with Crippen LogP contribution in [0.4, 0.5) is 0 Å². The van der Waals surface area contributed by atoms with Crippen LogP contribution < -0.4 is 5.23 Å². The smallest absolute Gasteiger partial charge is 0.307 e. The van der Waals surface area contributed by atoms with Gasteiger partial charge in [-0.2, -0.15) is 0 Å². The number of aryl methyl sites for hydroxylation is 1. The third kappa shape index (κ3) is 6.76. The van der Waals surface area contributed by atoms with Crippen LogP contribution >= 0.6 is 0 Å². The van der Waals surface area contributed by atoms with E-state index in [9.17, 15) is 14.7 Å². The highest BCUT2D eigenvalue weighted by Gasteiger charge is 2.21. The maximum absolute atomic E-state index is 12.0. The molecule has 1 rings (SSSR count). The highest BCUT2D eigenvalue weighted by atomic mass is 16.6. The van der Waals surface area contributed by atoms with E-state index in [1.165, 1.54) is 0 Å². The van der Waals surface area contributed by atoms with Crippen molar-refractivity contribution in [3.05, 3.63) is 29.3 Å². The van der Waals surface area contributed by atoms with Gasteiger partial charge in [-0.05, 0) is 57.4 Å². The summed E-state index contributed by atoms with van der Waals surface area (Å²) in [6.07, 6.45) is 1.46. The normalized spacial score (nSPS) is 12.5. The number of hydrogen-bond acceptors (Lipinski definition) is 5. The SMILES string of the molecule is Cc1ccc(O)cc1C[C@H](CC(=O)OC(C)(C)C)NBC=O. The first-order valence-corrected chi connectivity index (χ1v) is 7.38. The number of ether oxygens (including phenoxy) is 1. The van der Waals surface area contributed by atoms with Gasteiger partial charge >= 0.3 is 5.97 Å². The molecule has 22 heavy (non-hydrogen) atoms. The Bertz CT molecular complexity index is 525. The second-order valence-electron chi connectivity index (χ2n) is 6.38. The monoisotopic (exact) mass is 305 g/mol. The van der Waals surface area contributed by atoms with Crippen LogP contribution in [0.2, 0.25) is 0 Å². The molecule has 1 aromatic carbocycles. The van der Waals surface area contributed by atoms with Crippen molar-refractivity contribution in [3.8, 4) is 5.75 Å². The lowest BCUT2D eigenvalue weighted by molar-refractivity contribution is -0.155. The number of phenolic OH excluding ortho intramolecular Hbond substituents is 1. The zero-order chi connectivity index (χ0) is 16.8. The van der Waals surface area contributed by atoms with Gasteiger partial charge in [0.1, 0.15) is 11.4 Å². The van der Waals surface area contributed by atoms with Crippen LogP contribution in [0.1, 0.15) is 38.3 Å².